The zero-order valence-corrected chi connectivity index (χ0v) is 12.0. The van der Waals surface area contributed by atoms with E-state index < -0.39 is 11.5 Å². The molecule has 0 unspecified atom stereocenters. The standard InChI is InChI=1S/C14H21N5O2/c15-13(20)14(21)4-3-7-19(9-14)12-8-11(16-10-17-12)18-5-1-2-6-18/h8,10,21H,1-7,9H2,(H2,15,20)/t14-/m0/s1. The van der Waals surface area contributed by atoms with E-state index in [0.29, 0.717) is 12.8 Å². The highest BCUT2D eigenvalue weighted by Crippen LogP contribution is 2.27. The van der Waals surface area contributed by atoms with Crippen molar-refractivity contribution in [2.24, 2.45) is 5.73 Å². The number of piperidine rings is 1. The highest BCUT2D eigenvalue weighted by molar-refractivity contribution is 5.84. The van der Waals surface area contributed by atoms with Gasteiger partial charge in [0, 0.05) is 25.7 Å². The molecule has 114 valence electrons. The number of amides is 1. The molecule has 1 amide bonds. The Labute approximate surface area is 123 Å². The van der Waals surface area contributed by atoms with Crippen LogP contribution in [0.4, 0.5) is 11.6 Å². The number of carbonyl (C=O) groups is 1. The normalized spacial score (nSPS) is 26.1. The molecule has 1 atom stereocenters. The summed E-state index contributed by atoms with van der Waals surface area (Å²) in [6.07, 6.45) is 5.03. The largest absolute Gasteiger partial charge is 0.378 e. The first-order chi connectivity index (χ1) is 10.1. The first-order valence-electron chi connectivity index (χ1n) is 7.43. The van der Waals surface area contributed by atoms with E-state index in [-0.39, 0.29) is 6.54 Å². The number of primary amides is 1. The zero-order chi connectivity index (χ0) is 14.9. The minimum Gasteiger partial charge on any atom is -0.378 e. The van der Waals surface area contributed by atoms with Gasteiger partial charge in [0.2, 0.25) is 0 Å². The van der Waals surface area contributed by atoms with Gasteiger partial charge in [0.05, 0.1) is 6.54 Å². The van der Waals surface area contributed by atoms with Gasteiger partial charge in [-0.3, -0.25) is 4.79 Å². The van der Waals surface area contributed by atoms with E-state index in [1.165, 1.54) is 12.8 Å². The maximum absolute atomic E-state index is 11.4. The van der Waals surface area contributed by atoms with Crippen LogP contribution in [0.5, 0.6) is 0 Å². The quantitative estimate of drug-likeness (QED) is 0.807. The lowest BCUT2D eigenvalue weighted by molar-refractivity contribution is -0.137. The maximum Gasteiger partial charge on any atom is 0.251 e. The Kier molecular flexibility index (Phi) is 3.67. The van der Waals surface area contributed by atoms with E-state index in [2.05, 4.69) is 14.9 Å². The van der Waals surface area contributed by atoms with Crippen LogP contribution in [0.3, 0.4) is 0 Å². The summed E-state index contributed by atoms with van der Waals surface area (Å²) in [5.74, 6) is 0.984. The second-order valence-electron chi connectivity index (χ2n) is 5.85. The number of nitrogens with zero attached hydrogens (tertiary/aromatic N) is 4. The summed E-state index contributed by atoms with van der Waals surface area (Å²) < 4.78 is 0. The fraction of sp³-hybridized carbons (Fsp3) is 0.643. The predicted molar refractivity (Wildman–Crippen MR) is 79.1 cm³/mol. The average Bonchev–Trinajstić information content (AvgIpc) is 3.02. The summed E-state index contributed by atoms with van der Waals surface area (Å²) in [7, 11) is 0. The Morgan fingerprint density at radius 1 is 1.14 bits per heavy atom. The number of carbonyl (C=O) groups excluding carboxylic acids is 1. The van der Waals surface area contributed by atoms with Gasteiger partial charge in [-0.1, -0.05) is 0 Å². The SMILES string of the molecule is NC(=O)[C@]1(O)CCCN(c2cc(N3CCCC3)ncn2)C1. The van der Waals surface area contributed by atoms with E-state index >= 15 is 0 Å². The number of β-amino-alcohol motifs (C(OH)–C–C–N with tert-alkyl or cyclic N) is 1. The topological polar surface area (TPSA) is 95.6 Å². The minimum absolute atomic E-state index is 0.193. The van der Waals surface area contributed by atoms with Crippen molar-refractivity contribution in [3.63, 3.8) is 0 Å². The molecule has 1 aromatic heterocycles. The maximum atomic E-state index is 11.4. The fourth-order valence-electron chi connectivity index (χ4n) is 3.06. The van der Waals surface area contributed by atoms with Crippen molar-refractivity contribution >= 4 is 17.5 Å². The van der Waals surface area contributed by atoms with Crippen LogP contribution in [-0.2, 0) is 4.79 Å². The van der Waals surface area contributed by atoms with Gasteiger partial charge in [0.25, 0.3) is 5.91 Å². The fourth-order valence-corrected chi connectivity index (χ4v) is 3.06. The highest BCUT2D eigenvalue weighted by Gasteiger charge is 2.39. The number of hydrogen-bond donors (Lipinski definition) is 2. The van der Waals surface area contributed by atoms with Gasteiger partial charge in [-0.25, -0.2) is 9.97 Å². The van der Waals surface area contributed by atoms with Gasteiger partial charge < -0.3 is 20.6 Å². The molecule has 3 rings (SSSR count). The predicted octanol–water partition coefficient (Wildman–Crippen LogP) is -0.107. The molecule has 0 bridgehead atoms. The van der Waals surface area contributed by atoms with E-state index in [1.54, 1.807) is 6.33 Å². The van der Waals surface area contributed by atoms with Crippen LogP contribution < -0.4 is 15.5 Å². The number of rotatable bonds is 3. The van der Waals surface area contributed by atoms with Crippen LogP contribution in [0.1, 0.15) is 25.7 Å². The van der Waals surface area contributed by atoms with Crippen molar-refractivity contribution in [3.8, 4) is 0 Å². The molecule has 2 fully saturated rings. The third-order valence-corrected chi connectivity index (χ3v) is 4.32. The zero-order valence-electron chi connectivity index (χ0n) is 12.0. The Morgan fingerprint density at radius 2 is 1.76 bits per heavy atom. The molecule has 2 aliphatic heterocycles. The smallest absolute Gasteiger partial charge is 0.251 e. The summed E-state index contributed by atoms with van der Waals surface area (Å²) >= 11 is 0. The molecule has 3 N–H and O–H groups in total. The second-order valence-corrected chi connectivity index (χ2v) is 5.85. The van der Waals surface area contributed by atoms with Crippen LogP contribution in [0, 0.1) is 0 Å². The molecule has 7 heteroatoms. The Balaban J connectivity index is 1.80. The van der Waals surface area contributed by atoms with E-state index in [9.17, 15) is 9.90 Å². The molecule has 0 aromatic carbocycles. The van der Waals surface area contributed by atoms with Gasteiger partial charge in [0.15, 0.2) is 5.60 Å². The lowest BCUT2D eigenvalue weighted by Crippen LogP contribution is -2.56. The van der Waals surface area contributed by atoms with Crippen LogP contribution in [-0.4, -0.2) is 52.8 Å². The minimum atomic E-state index is -1.46. The summed E-state index contributed by atoms with van der Waals surface area (Å²) in [5.41, 5.74) is 3.85. The van der Waals surface area contributed by atoms with E-state index in [0.717, 1.165) is 31.3 Å². The Morgan fingerprint density at radius 3 is 2.43 bits per heavy atom. The summed E-state index contributed by atoms with van der Waals surface area (Å²) in [6, 6.07) is 1.93. The molecular weight excluding hydrogens is 270 g/mol. The molecule has 1 aromatic rings. The Bertz CT molecular complexity index is 532. The van der Waals surface area contributed by atoms with E-state index in [4.69, 9.17) is 5.73 Å². The van der Waals surface area contributed by atoms with Crippen LogP contribution in [0.25, 0.3) is 0 Å². The van der Waals surface area contributed by atoms with Gasteiger partial charge in [-0.05, 0) is 25.7 Å². The molecular formula is C14H21N5O2. The number of aromatic nitrogens is 2. The first kappa shape index (κ1) is 14.1. The third kappa shape index (κ3) is 2.78. The molecule has 0 radical (unpaired) electrons. The lowest BCUT2D eigenvalue weighted by Gasteiger charge is -2.37. The molecule has 0 saturated carbocycles. The number of aliphatic hydroxyl groups is 1. The summed E-state index contributed by atoms with van der Waals surface area (Å²) in [6.45, 7) is 2.98. The van der Waals surface area contributed by atoms with Crippen molar-refractivity contribution in [3.05, 3.63) is 12.4 Å². The summed E-state index contributed by atoms with van der Waals surface area (Å²) in [4.78, 5) is 24.2. The molecule has 3 heterocycles. The summed E-state index contributed by atoms with van der Waals surface area (Å²) in [5, 5.41) is 10.3. The van der Waals surface area contributed by atoms with Crippen molar-refractivity contribution < 1.29 is 9.90 Å². The van der Waals surface area contributed by atoms with Crippen molar-refractivity contribution in [2.45, 2.75) is 31.3 Å². The number of nitrogens with two attached hydrogens (primary N) is 1. The molecule has 0 aliphatic carbocycles. The molecule has 7 nitrogen and oxygen atoms in total. The van der Waals surface area contributed by atoms with E-state index in [1.807, 2.05) is 11.0 Å². The Hall–Kier alpha value is -1.89. The molecule has 2 aliphatic rings. The van der Waals surface area contributed by atoms with Crippen LogP contribution >= 0.6 is 0 Å². The highest BCUT2D eigenvalue weighted by atomic mass is 16.3. The third-order valence-electron chi connectivity index (χ3n) is 4.32. The van der Waals surface area contributed by atoms with Gasteiger partial charge >= 0.3 is 0 Å². The first-order valence-corrected chi connectivity index (χ1v) is 7.43. The van der Waals surface area contributed by atoms with Crippen molar-refractivity contribution in [2.75, 3.05) is 36.0 Å². The van der Waals surface area contributed by atoms with Crippen molar-refractivity contribution in [1.82, 2.24) is 9.97 Å². The monoisotopic (exact) mass is 291 g/mol. The van der Waals surface area contributed by atoms with Gasteiger partial charge in [-0.15, -0.1) is 0 Å². The molecule has 21 heavy (non-hydrogen) atoms. The van der Waals surface area contributed by atoms with Crippen molar-refractivity contribution in [1.29, 1.82) is 0 Å². The number of anilines is 2. The number of hydrogen-bond acceptors (Lipinski definition) is 6. The van der Waals surface area contributed by atoms with Crippen LogP contribution in [0.15, 0.2) is 12.4 Å². The average molecular weight is 291 g/mol. The van der Waals surface area contributed by atoms with Crippen LogP contribution in [0.2, 0.25) is 0 Å². The second kappa shape index (κ2) is 5.48. The van der Waals surface area contributed by atoms with Gasteiger partial charge in [-0.2, -0.15) is 0 Å². The molecule has 2 saturated heterocycles. The lowest BCUT2D eigenvalue weighted by atomic mass is 9.92. The van der Waals surface area contributed by atoms with Gasteiger partial charge in [0.1, 0.15) is 18.0 Å². The molecule has 0 spiro atoms.